The van der Waals surface area contributed by atoms with Crippen molar-refractivity contribution in [1.29, 1.82) is 0 Å². The third kappa shape index (κ3) is 2.92. The first-order valence-corrected chi connectivity index (χ1v) is 9.24. The molecular formula is C17H14N4OS2. The number of para-hydroxylation sites is 2. The Hall–Kier alpha value is -2.25. The fraction of sp³-hybridized carbons (Fsp3) is 0.176. The molecule has 3 heterocycles. The number of hydrogen-bond acceptors (Lipinski definition) is 7. The van der Waals surface area contributed by atoms with Crippen LogP contribution in [0.4, 0.5) is 0 Å². The molecule has 1 unspecified atom stereocenters. The fourth-order valence-corrected chi connectivity index (χ4v) is 3.84. The highest BCUT2D eigenvalue weighted by molar-refractivity contribution is 7.99. The summed E-state index contributed by atoms with van der Waals surface area (Å²) in [5.41, 5.74) is 2.70. The van der Waals surface area contributed by atoms with E-state index in [2.05, 4.69) is 15.2 Å². The van der Waals surface area contributed by atoms with E-state index in [0.29, 0.717) is 11.8 Å². The van der Waals surface area contributed by atoms with Crippen LogP contribution in [0.2, 0.25) is 0 Å². The Balaban J connectivity index is 1.60. The molecular weight excluding hydrogens is 340 g/mol. The predicted molar refractivity (Wildman–Crippen MR) is 96.2 cm³/mol. The average molecular weight is 354 g/mol. The van der Waals surface area contributed by atoms with Crippen molar-refractivity contribution in [2.75, 3.05) is 0 Å². The quantitative estimate of drug-likeness (QED) is 0.486. The van der Waals surface area contributed by atoms with Crippen LogP contribution in [0, 0.1) is 6.92 Å². The van der Waals surface area contributed by atoms with Crippen LogP contribution in [0.5, 0.6) is 0 Å². The van der Waals surface area contributed by atoms with Crippen LogP contribution in [0.25, 0.3) is 21.8 Å². The topological polar surface area (TPSA) is 64.7 Å². The number of thioether (sulfide) groups is 1. The Bertz CT molecular complexity index is 981. The molecule has 3 aromatic heterocycles. The second-order valence-corrected chi connectivity index (χ2v) is 7.56. The predicted octanol–water partition coefficient (Wildman–Crippen LogP) is 4.90. The molecule has 0 aliphatic carbocycles. The van der Waals surface area contributed by atoms with Crippen LogP contribution < -0.4 is 0 Å². The molecule has 0 fully saturated rings. The van der Waals surface area contributed by atoms with Crippen molar-refractivity contribution in [2.24, 2.45) is 0 Å². The summed E-state index contributed by atoms with van der Waals surface area (Å²) in [6.07, 6.45) is 0. The molecule has 5 nitrogen and oxygen atoms in total. The number of aryl methyl sites for hydroxylation is 1. The summed E-state index contributed by atoms with van der Waals surface area (Å²) >= 11 is 3.17. The van der Waals surface area contributed by atoms with E-state index >= 15 is 0 Å². The number of benzene rings is 1. The first kappa shape index (κ1) is 15.3. The van der Waals surface area contributed by atoms with Gasteiger partial charge in [0.25, 0.3) is 5.89 Å². The monoisotopic (exact) mass is 354 g/mol. The lowest BCUT2D eigenvalue weighted by atomic mass is 10.3. The van der Waals surface area contributed by atoms with Gasteiger partial charge in [-0.3, -0.25) is 0 Å². The SMILES string of the molecule is Cc1nc2ccccc2nc1SC(C)c1nnc(-c2cccs2)o1. The molecule has 0 aliphatic heterocycles. The van der Waals surface area contributed by atoms with Gasteiger partial charge in [0.2, 0.25) is 5.89 Å². The molecule has 0 radical (unpaired) electrons. The van der Waals surface area contributed by atoms with Crippen LogP contribution in [0.15, 0.2) is 51.2 Å². The largest absolute Gasteiger partial charge is 0.419 e. The van der Waals surface area contributed by atoms with Crippen molar-refractivity contribution >= 4 is 34.1 Å². The van der Waals surface area contributed by atoms with Crippen LogP contribution in [-0.4, -0.2) is 20.2 Å². The van der Waals surface area contributed by atoms with Gasteiger partial charge in [-0.25, -0.2) is 9.97 Å². The Morgan fingerprint density at radius 3 is 2.58 bits per heavy atom. The summed E-state index contributed by atoms with van der Waals surface area (Å²) in [7, 11) is 0. The maximum absolute atomic E-state index is 5.81. The number of thiophene rings is 1. The maximum Gasteiger partial charge on any atom is 0.257 e. The Morgan fingerprint density at radius 2 is 1.83 bits per heavy atom. The van der Waals surface area contributed by atoms with Crippen LogP contribution in [-0.2, 0) is 0 Å². The minimum atomic E-state index is 0.000347. The summed E-state index contributed by atoms with van der Waals surface area (Å²) in [5, 5.41) is 11.2. The average Bonchev–Trinajstić information content (AvgIpc) is 3.26. The minimum Gasteiger partial charge on any atom is -0.419 e. The van der Waals surface area contributed by atoms with Crippen molar-refractivity contribution in [3.8, 4) is 10.8 Å². The van der Waals surface area contributed by atoms with Gasteiger partial charge in [0.05, 0.1) is 26.9 Å². The minimum absolute atomic E-state index is 0.000347. The third-order valence-electron chi connectivity index (χ3n) is 3.51. The maximum atomic E-state index is 5.81. The van der Waals surface area contributed by atoms with E-state index < -0.39 is 0 Å². The van der Waals surface area contributed by atoms with E-state index in [0.717, 1.165) is 26.6 Å². The molecule has 0 amide bonds. The van der Waals surface area contributed by atoms with Gasteiger partial charge in [0.15, 0.2) is 0 Å². The summed E-state index contributed by atoms with van der Waals surface area (Å²) in [5.74, 6) is 1.16. The van der Waals surface area contributed by atoms with Gasteiger partial charge >= 0.3 is 0 Å². The summed E-state index contributed by atoms with van der Waals surface area (Å²) < 4.78 is 5.81. The third-order valence-corrected chi connectivity index (χ3v) is 5.53. The lowest BCUT2D eigenvalue weighted by Gasteiger charge is -2.09. The second-order valence-electron chi connectivity index (χ2n) is 5.29. The first-order chi connectivity index (χ1) is 11.7. The van der Waals surface area contributed by atoms with E-state index in [1.54, 1.807) is 23.1 Å². The molecule has 0 bridgehead atoms. The highest BCUT2D eigenvalue weighted by atomic mass is 32.2. The van der Waals surface area contributed by atoms with Crippen LogP contribution in [0.1, 0.15) is 23.8 Å². The van der Waals surface area contributed by atoms with Crippen LogP contribution >= 0.6 is 23.1 Å². The number of aromatic nitrogens is 4. The van der Waals surface area contributed by atoms with Gasteiger partial charge in [0.1, 0.15) is 5.03 Å². The second kappa shape index (κ2) is 6.33. The lowest BCUT2D eigenvalue weighted by molar-refractivity contribution is 0.510. The van der Waals surface area contributed by atoms with Gasteiger partial charge in [-0.15, -0.1) is 21.5 Å². The number of hydrogen-bond donors (Lipinski definition) is 0. The van der Waals surface area contributed by atoms with Gasteiger partial charge in [-0.2, -0.15) is 0 Å². The van der Waals surface area contributed by atoms with Crippen molar-refractivity contribution < 1.29 is 4.42 Å². The van der Waals surface area contributed by atoms with E-state index in [9.17, 15) is 0 Å². The lowest BCUT2D eigenvalue weighted by Crippen LogP contribution is -1.96. The fourth-order valence-electron chi connectivity index (χ4n) is 2.30. The van der Waals surface area contributed by atoms with Crippen molar-refractivity contribution in [2.45, 2.75) is 24.1 Å². The molecule has 0 saturated carbocycles. The van der Waals surface area contributed by atoms with Gasteiger partial charge in [-0.1, -0.05) is 30.0 Å². The van der Waals surface area contributed by atoms with Crippen molar-refractivity contribution in [3.63, 3.8) is 0 Å². The molecule has 1 atom stereocenters. The molecule has 0 spiro atoms. The molecule has 0 N–H and O–H groups in total. The van der Waals surface area contributed by atoms with E-state index in [1.165, 1.54) is 0 Å². The number of nitrogens with zero attached hydrogens (tertiary/aromatic N) is 4. The number of fused-ring (bicyclic) bond motifs is 1. The molecule has 0 saturated heterocycles. The summed E-state index contributed by atoms with van der Waals surface area (Å²) in [6.45, 7) is 4.01. The van der Waals surface area contributed by atoms with Crippen molar-refractivity contribution in [3.05, 3.63) is 53.4 Å². The smallest absolute Gasteiger partial charge is 0.257 e. The van der Waals surface area contributed by atoms with E-state index in [-0.39, 0.29) is 5.25 Å². The van der Waals surface area contributed by atoms with E-state index in [1.807, 2.05) is 55.6 Å². The highest BCUT2D eigenvalue weighted by Gasteiger charge is 2.19. The molecule has 4 aromatic rings. The Kier molecular flexibility index (Phi) is 4.03. The van der Waals surface area contributed by atoms with Crippen molar-refractivity contribution in [1.82, 2.24) is 20.2 Å². The zero-order valence-electron chi connectivity index (χ0n) is 13.1. The molecule has 0 aliphatic rings. The molecule has 1 aromatic carbocycles. The standard InChI is InChI=1S/C17H14N4OS2/c1-10-17(19-13-7-4-3-6-12(13)18-10)24-11(2)15-20-21-16(22-15)14-8-5-9-23-14/h3-9,11H,1-2H3. The van der Waals surface area contributed by atoms with Gasteiger partial charge in [-0.05, 0) is 37.4 Å². The molecule has 24 heavy (non-hydrogen) atoms. The van der Waals surface area contributed by atoms with E-state index in [4.69, 9.17) is 9.40 Å². The Labute approximate surface area is 147 Å². The van der Waals surface area contributed by atoms with Gasteiger partial charge < -0.3 is 4.42 Å². The summed E-state index contributed by atoms with van der Waals surface area (Å²) in [4.78, 5) is 10.3. The zero-order chi connectivity index (χ0) is 16.5. The first-order valence-electron chi connectivity index (χ1n) is 7.48. The number of rotatable bonds is 4. The summed E-state index contributed by atoms with van der Waals surface area (Å²) in [6, 6.07) is 11.8. The van der Waals surface area contributed by atoms with Gasteiger partial charge in [0, 0.05) is 0 Å². The molecule has 4 rings (SSSR count). The van der Waals surface area contributed by atoms with Crippen LogP contribution in [0.3, 0.4) is 0 Å². The molecule has 7 heteroatoms. The normalized spacial score (nSPS) is 12.6. The highest BCUT2D eigenvalue weighted by Crippen LogP contribution is 2.36. The Morgan fingerprint density at radius 1 is 1.04 bits per heavy atom. The molecule has 120 valence electrons. The zero-order valence-corrected chi connectivity index (χ0v) is 14.8.